The van der Waals surface area contributed by atoms with E-state index in [2.05, 4.69) is 134 Å². The molecular formula is C41H46BNO. The van der Waals surface area contributed by atoms with E-state index in [4.69, 9.17) is 4.74 Å². The molecule has 2 nitrogen and oxygen atoms in total. The molecule has 0 saturated carbocycles. The van der Waals surface area contributed by atoms with E-state index in [-0.39, 0.29) is 28.4 Å². The van der Waals surface area contributed by atoms with Gasteiger partial charge in [0.05, 0.1) is 0 Å². The summed E-state index contributed by atoms with van der Waals surface area (Å²) < 4.78 is 6.71. The Bertz CT molecular complexity index is 1880. The highest BCUT2D eigenvalue weighted by Gasteiger charge is 2.45. The summed E-state index contributed by atoms with van der Waals surface area (Å²) in [5.41, 5.74) is 15.8. The average molecular weight is 580 g/mol. The Morgan fingerprint density at radius 1 is 0.659 bits per heavy atom. The summed E-state index contributed by atoms with van der Waals surface area (Å²) in [7, 11) is 0. The number of nitrogens with zero attached hydrogens (tertiary/aromatic N) is 1. The van der Waals surface area contributed by atoms with Crippen molar-refractivity contribution in [2.75, 3.05) is 4.90 Å². The van der Waals surface area contributed by atoms with Crippen LogP contribution in [0, 0.1) is 12.3 Å². The van der Waals surface area contributed by atoms with E-state index in [1.807, 2.05) is 0 Å². The molecule has 0 fully saturated rings. The fourth-order valence-corrected chi connectivity index (χ4v) is 9.56. The van der Waals surface area contributed by atoms with Gasteiger partial charge in [0.25, 0.3) is 6.71 Å². The van der Waals surface area contributed by atoms with Gasteiger partial charge in [-0.3, -0.25) is 0 Å². The molecule has 44 heavy (non-hydrogen) atoms. The number of fused-ring (bicyclic) bond motifs is 6. The molecule has 4 aromatic rings. The molecule has 0 amide bonds. The van der Waals surface area contributed by atoms with Crippen molar-refractivity contribution in [3.63, 3.8) is 0 Å². The van der Waals surface area contributed by atoms with Crippen LogP contribution in [0.25, 0.3) is 0 Å². The fraction of sp³-hybridized carbons (Fsp3) is 0.415. The minimum Gasteiger partial charge on any atom is -0.458 e. The Morgan fingerprint density at radius 2 is 1.39 bits per heavy atom. The Labute approximate surface area is 264 Å². The maximum absolute atomic E-state index is 6.71. The summed E-state index contributed by atoms with van der Waals surface area (Å²) in [6.07, 6.45) is 4.73. The smallest absolute Gasteiger partial charge is 0.256 e. The van der Waals surface area contributed by atoms with Gasteiger partial charge in [-0.2, -0.15) is 0 Å². The predicted molar refractivity (Wildman–Crippen MR) is 187 cm³/mol. The summed E-state index contributed by atoms with van der Waals surface area (Å²) in [6.45, 7) is 21.9. The van der Waals surface area contributed by atoms with Crippen LogP contribution in [0.3, 0.4) is 0 Å². The van der Waals surface area contributed by atoms with Gasteiger partial charge in [-0.15, -0.1) is 0 Å². The van der Waals surface area contributed by atoms with Crippen LogP contribution >= 0.6 is 0 Å². The third-order valence-electron chi connectivity index (χ3n) is 11.5. The Balaban J connectivity index is 1.45. The number of ether oxygens (including phenoxy) is 1. The summed E-state index contributed by atoms with van der Waals surface area (Å²) in [5, 5.41) is 0. The Kier molecular flexibility index (Phi) is 5.63. The highest BCUT2D eigenvalue weighted by atomic mass is 16.5. The van der Waals surface area contributed by atoms with Crippen LogP contribution in [0.15, 0.2) is 66.7 Å². The second-order valence-electron chi connectivity index (χ2n) is 17.1. The van der Waals surface area contributed by atoms with E-state index < -0.39 is 0 Å². The molecule has 2 heterocycles. The number of aryl methyl sites for hydroxylation is 1. The number of hydrogen-bond donors (Lipinski definition) is 0. The standard InChI is InChI=1S/C41H46BNO/c1-25-18-34-37-36(19-25)44-35-13-11-10-12-31(35)42(37)32-20-26-23-38(2,3)24-41(8,9)29(26)22-33(32)43(34)27-14-15-28-30(21-27)40(6,7)17-16-39(28,4)5/h10-15,18-22H,16-17,23-24H2,1-9H3. The van der Waals surface area contributed by atoms with E-state index in [1.165, 1.54) is 80.5 Å². The van der Waals surface area contributed by atoms with Crippen LogP contribution < -0.4 is 26.0 Å². The molecule has 0 bridgehead atoms. The van der Waals surface area contributed by atoms with Gasteiger partial charge < -0.3 is 9.64 Å². The van der Waals surface area contributed by atoms with Gasteiger partial charge in [0.15, 0.2) is 0 Å². The molecule has 2 aliphatic carbocycles. The van der Waals surface area contributed by atoms with Gasteiger partial charge in [-0.1, -0.05) is 85.7 Å². The highest BCUT2D eigenvalue weighted by Crippen LogP contribution is 2.51. The molecule has 224 valence electrons. The van der Waals surface area contributed by atoms with Gasteiger partial charge in [0, 0.05) is 17.1 Å². The Hall–Kier alpha value is -3.46. The third kappa shape index (κ3) is 4.00. The van der Waals surface area contributed by atoms with Gasteiger partial charge in [0.2, 0.25) is 0 Å². The Morgan fingerprint density at radius 3 is 2.16 bits per heavy atom. The summed E-state index contributed by atoms with van der Waals surface area (Å²) in [5.74, 6) is 1.98. The van der Waals surface area contributed by atoms with Crippen LogP contribution in [0.5, 0.6) is 11.5 Å². The predicted octanol–water partition coefficient (Wildman–Crippen LogP) is 9.00. The van der Waals surface area contributed by atoms with E-state index in [1.54, 1.807) is 0 Å². The molecule has 8 rings (SSSR count). The second kappa shape index (κ2) is 8.84. The first-order chi connectivity index (χ1) is 20.7. The summed E-state index contributed by atoms with van der Waals surface area (Å²) in [4.78, 5) is 2.59. The van der Waals surface area contributed by atoms with E-state index >= 15 is 0 Å². The van der Waals surface area contributed by atoms with Crippen molar-refractivity contribution >= 4 is 40.2 Å². The zero-order valence-electron chi connectivity index (χ0n) is 28.1. The number of rotatable bonds is 1. The SMILES string of the molecule is Cc1cc2c3c(c1)N(c1ccc4c(c1)C(C)(C)CCC4(C)C)c1cc4c(cc1B3c1ccccc1O2)CC(C)(C)CC4(C)C. The highest BCUT2D eigenvalue weighted by molar-refractivity contribution is 6.99. The van der Waals surface area contributed by atoms with E-state index in [0.717, 1.165) is 17.9 Å². The van der Waals surface area contributed by atoms with Gasteiger partial charge in [-0.25, -0.2) is 0 Å². The maximum Gasteiger partial charge on any atom is 0.256 e. The lowest BCUT2D eigenvalue weighted by Gasteiger charge is -2.46. The first-order valence-corrected chi connectivity index (χ1v) is 16.7. The molecule has 2 aliphatic heterocycles. The lowest BCUT2D eigenvalue weighted by atomic mass is 9.34. The van der Waals surface area contributed by atoms with Crippen molar-refractivity contribution in [2.45, 2.75) is 104 Å². The number of anilines is 3. The lowest BCUT2D eigenvalue weighted by Crippen LogP contribution is -2.60. The van der Waals surface area contributed by atoms with E-state index in [0.29, 0.717) is 0 Å². The van der Waals surface area contributed by atoms with Crippen molar-refractivity contribution in [3.05, 3.63) is 94.5 Å². The topological polar surface area (TPSA) is 12.5 Å². The van der Waals surface area contributed by atoms with Crippen molar-refractivity contribution in [1.29, 1.82) is 0 Å². The maximum atomic E-state index is 6.71. The molecule has 3 heteroatoms. The minimum atomic E-state index is 0.102. The van der Waals surface area contributed by atoms with Crippen LogP contribution in [0.4, 0.5) is 17.1 Å². The third-order valence-corrected chi connectivity index (χ3v) is 11.5. The number of benzene rings is 4. The van der Waals surface area contributed by atoms with Crippen LogP contribution in [-0.2, 0) is 22.7 Å². The largest absolute Gasteiger partial charge is 0.458 e. The van der Waals surface area contributed by atoms with Gasteiger partial charge in [0.1, 0.15) is 11.5 Å². The molecule has 4 aliphatic rings. The quantitative estimate of drug-likeness (QED) is 0.180. The van der Waals surface area contributed by atoms with E-state index in [9.17, 15) is 0 Å². The normalized spacial score (nSPS) is 20.8. The van der Waals surface area contributed by atoms with Crippen LogP contribution in [0.2, 0.25) is 0 Å². The molecule has 0 spiro atoms. The molecule has 0 unspecified atom stereocenters. The minimum absolute atomic E-state index is 0.102. The monoisotopic (exact) mass is 579 g/mol. The number of hydrogen-bond acceptors (Lipinski definition) is 2. The lowest BCUT2D eigenvalue weighted by molar-refractivity contribution is 0.231. The van der Waals surface area contributed by atoms with Crippen molar-refractivity contribution in [3.8, 4) is 11.5 Å². The van der Waals surface area contributed by atoms with Crippen molar-refractivity contribution in [1.82, 2.24) is 0 Å². The average Bonchev–Trinajstić information content (AvgIpc) is 2.93. The molecule has 0 radical (unpaired) electrons. The summed E-state index contributed by atoms with van der Waals surface area (Å²) in [6, 6.07) is 25.9. The van der Waals surface area contributed by atoms with Crippen molar-refractivity contribution in [2.24, 2.45) is 5.41 Å². The van der Waals surface area contributed by atoms with Crippen LogP contribution in [0.1, 0.15) is 102 Å². The van der Waals surface area contributed by atoms with Gasteiger partial charge in [-0.05, 0) is 135 Å². The number of para-hydroxylation sites is 1. The van der Waals surface area contributed by atoms with Crippen LogP contribution in [-0.4, -0.2) is 6.71 Å². The fourth-order valence-electron chi connectivity index (χ4n) is 9.56. The van der Waals surface area contributed by atoms with Gasteiger partial charge >= 0.3 is 0 Å². The molecule has 0 saturated heterocycles. The zero-order valence-corrected chi connectivity index (χ0v) is 28.1. The molecule has 4 aromatic carbocycles. The van der Waals surface area contributed by atoms with Crippen molar-refractivity contribution < 1.29 is 4.74 Å². The second-order valence-corrected chi connectivity index (χ2v) is 17.1. The molecule has 0 atom stereocenters. The zero-order chi connectivity index (χ0) is 31.0. The molecular weight excluding hydrogens is 533 g/mol. The summed E-state index contributed by atoms with van der Waals surface area (Å²) >= 11 is 0. The first kappa shape index (κ1) is 28.0. The molecule has 0 N–H and O–H groups in total. The first-order valence-electron chi connectivity index (χ1n) is 16.7. The molecule has 0 aromatic heterocycles.